The second-order valence-corrected chi connectivity index (χ2v) is 3.76. The Kier molecular flexibility index (Phi) is 1.51. The smallest absolute Gasteiger partial charge is 0.137 e. The van der Waals surface area contributed by atoms with Gasteiger partial charge in [-0.25, -0.2) is 4.98 Å². The molecule has 0 atom stereocenters. The predicted molar refractivity (Wildman–Crippen MR) is 61.8 cm³/mol. The molecule has 74 valence electrons. The predicted octanol–water partition coefficient (Wildman–Crippen LogP) is 2.38. The number of fused-ring (bicyclic) bond motifs is 3. The van der Waals surface area contributed by atoms with Crippen LogP contribution in [-0.2, 0) is 0 Å². The molecule has 0 saturated heterocycles. The van der Waals surface area contributed by atoms with E-state index < -0.39 is 0 Å². The molecule has 3 heteroatoms. The Hall–Kier alpha value is -2.03. The van der Waals surface area contributed by atoms with Gasteiger partial charge in [-0.1, -0.05) is 0 Å². The van der Waals surface area contributed by atoms with E-state index in [4.69, 9.17) is 5.73 Å². The topological polar surface area (TPSA) is 43.3 Å². The molecule has 0 aliphatic heterocycles. The third kappa shape index (κ3) is 1.16. The van der Waals surface area contributed by atoms with Gasteiger partial charge in [-0.3, -0.25) is 4.40 Å². The largest absolute Gasteiger partial charge is 0.399 e. The monoisotopic (exact) mass is 197 g/mol. The molecule has 0 saturated carbocycles. The molecule has 2 aromatic heterocycles. The summed E-state index contributed by atoms with van der Waals surface area (Å²) in [7, 11) is 0. The third-order valence-corrected chi connectivity index (χ3v) is 2.58. The standard InChI is InChI=1S/C12H11N3/c1-8-7-15-11-4-3-10(13)6-9(11)2-5-12(15)14-8/h2-7H,13H2,1H3. The van der Waals surface area contributed by atoms with Crippen LogP contribution in [0.5, 0.6) is 0 Å². The number of nitrogens with zero attached hydrogens (tertiary/aromatic N) is 2. The molecular weight excluding hydrogens is 186 g/mol. The van der Waals surface area contributed by atoms with Gasteiger partial charge in [0.15, 0.2) is 0 Å². The molecule has 3 rings (SSSR count). The van der Waals surface area contributed by atoms with Crippen LogP contribution in [0.4, 0.5) is 5.69 Å². The molecule has 0 bridgehead atoms. The Labute approximate surface area is 87.2 Å². The van der Waals surface area contributed by atoms with E-state index in [-0.39, 0.29) is 0 Å². The lowest BCUT2D eigenvalue weighted by Crippen LogP contribution is -1.89. The summed E-state index contributed by atoms with van der Waals surface area (Å²) in [6, 6.07) is 9.97. The van der Waals surface area contributed by atoms with E-state index in [1.54, 1.807) is 0 Å². The van der Waals surface area contributed by atoms with Gasteiger partial charge in [0.2, 0.25) is 0 Å². The number of benzene rings is 1. The summed E-state index contributed by atoms with van der Waals surface area (Å²) < 4.78 is 2.09. The van der Waals surface area contributed by atoms with Gasteiger partial charge in [-0.05, 0) is 37.3 Å². The first-order valence-corrected chi connectivity index (χ1v) is 4.88. The van der Waals surface area contributed by atoms with Crippen molar-refractivity contribution in [2.75, 3.05) is 5.73 Å². The zero-order valence-corrected chi connectivity index (χ0v) is 8.44. The number of aryl methyl sites for hydroxylation is 1. The molecule has 0 unspecified atom stereocenters. The number of imidazole rings is 1. The average molecular weight is 197 g/mol. The molecule has 3 aromatic rings. The molecule has 0 aliphatic rings. The van der Waals surface area contributed by atoms with Crippen LogP contribution in [0.2, 0.25) is 0 Å². The lowest BCUT2D eigenvalue weighted by Gasteiger charge is -2.02. The molecule has 3 nitrogen and oxygen atoms in total. The van der Waals surface area contributed by atoms with Crippen LogP contribution in [0.3, 0.4) is 0 Å². The Bertz CT molecular complexity index is 652. The first-order chi connectivity index (χ1) is 7.24. The average Bonchev–Trinajstić information content (AvgIpc) is 2.58. The highest BCUT2D eigenvalue weighted by atomic mass is 15.0. The minimum absolute atomic E-state index is 0.790. The third-order valence-electron chi connectivity index (χ3n) is 2.58. The van der Waals surface area contributed by atoms with E-state index in [0.717, 1.165) is 27.9 Å². The first kappa shape index (κ1) is 8.29. The summed E-state index contributed by atoms with van der Waals surface area (Å²) in [6.07, 6.45) is 2.04. The maximum absolute atomic E-state index is 5.75. The molecular formula is C12H11N3. The van der Waals surface area contributed by atoms with Crippen molar-refractivity contribution in [3.05, 3.63) is 42.2 Å². The number of hydrogen-bond acceptors (Lipinski definition) is 2. The fraction of sp³-hybridized carbons (Fsp3) is 0.0833. The summed E-state index contributed by atoms with van der Waals surface area (Å²) in [5, 5.41) is 1.14. The van der Waals surface area contributed by atoms with E-state index in [9.17, 15) is 0 Å². The first-order valence-electron chi connectivity index (χ1n) is 4.88. The number of nitrogen functional groups attached to an aromatic ring is 1. The summed E-state index contributed by atoms with van der Waals surface area (Å²) in [6.45, 7) is 2.00. The van der Waals surface area contributed by atoms with Crippen LogP contribution >= 0.6 is 0 Å². The molecule has 0 radical (unpaired) electrons. The minimum Gasteiger partial charge on any atom is -0.399 e. The number of pyridine rings is 1. The summed E-state index contributed by atoms with van der Waals surface area (Å²) in [5.41, 5.74) is 9.68. The van der Waals surface area contributed by atoms with Gasteiger partial charge in [0.25, 0.3) is 0 Å². The lowest BCUT2D eigenvalue weighted by molar-refractivity contribution is 1.25. The van der Waals surface area contributed by atoms with Crippen molar-refractivity contribution in [1.82, 2.24) is 9.38 Å². The van der Waals surface area contributed by atoms with Crippen molar-refractivity contribution in [2.45, 2.75) is 6.92 Å². The highest BCUT2D eigenvalue weighted by molar-refractivity contribution is 5.84. The number of nitrogens with two attached hydrogens (primary N) is 1. The Morgan fingerprint density at radius 2 is 2.07 bits per heavy atom. The lowest BCUT2D eigenvalue weighted by atomic mass is 10.2. The number of anilines is 1. The summed E-state index contributed by atoms with van der Waals surface area (Å²) in [5.74, 6) is 0. The molecule has 0 spiro atoms. The van der Waals surface area contributed by atoms with E-state index in [1.807, 2.05) is 43.5 Å². The highest BCUT2D eigenvalue weighted by Crippen LogP contribution is 2.19. The normalized spacial score (nSPS) is 11.3. The maximum Gasteiger partial charge on any atom is 0.137 e. The van der Waals surface area contributed by atoms with Gasteiger partial charge >= 0.3 is 0 Å². The molecule has 0 amide bonds. The summed E-state index contributed by atoms with van der Waals surface area (Å²) >= 11 is 0. The number of rotatable bonds is 0. The van der Waals surface area contributed by atoms with E-state index in [0.29, 0.717) is 0 Å². The van der Waals surface area contributed by atoms with Gasteiger partial charge in [-0.2, -0.15) is 0 Å². The Morgan fingerprint density at radius 1 is 1.20 bits per heavy atom. The van der Waals surface area contributed by atoms with Crippen molar-refractivity contribution >= 4 is 22.2 Å². The maximum atomic E-state index is 5.75. The molecule has 15 heavy (non-hydrogen) atoms. The fourth-order valence-electron chi connectivity index (χ4n) is 1.92. The van der Waals surface area contributed by atoms with Crippen molar-refractivity contribution in [1.29, 1.82) is 0 Å². The van der Waals surface area contributed by atoms with Gasteiger partial charge in [0, 0.05) is 17.3 Å². The van der Waals surface area contributed by atoms with Crippen molar-refractivity contribution < 1.29 is 0 Å². The van der Waals surface area contributed by atoms with Crippen LogP contribution in [-0.4, -0.2) is 9.38 Å². The van der Waals surface area contributed by atoms with Crippen LogP contribution in [0.25, 0.3) is 16.6 Å². The molecule has 1 aromatic carbocycles. The minimum atomic E-state index is 0.790. The van der Waals surface area contributed by atoms with Crippen LogP contribution in [0.15, 0.2) is 36.5 Å². The second kappa shape index (κ2) is 2.73. The number of hydrogen-bond donors (Lipinski definition) is 1. The molecule has 0 aliphatic carbocycles. The fourth-order valence-corrected chi connectivity index (χ4v) is 1.92. The Balaban J connectivity index is 2.53. The quantitative estimate of drug-likeness (QED) is 0.562. The highest BCUT2D eigenvalue weighted by Gasteiger charge is 2.02. The van der Waals surface area contributed by atoms with E-state index >= 15 is 0 Å². The zero-order chi connectivity index (χ0) is 10.4. The number of aromatic nitrogens is 2. The van der Waals surface area contributed by atoms with Crippen molar-refractivity contribution in [2.24, 2.45) is 0 Å². The van der Waals surface area contributed by atoms with Crippen LogP contribution in [0, 0.1) is 6.92 Å². The zero-order valence-electron chi connectivity index (χ0n) is 8.44. The van der Waals surface area contributed by atoms with E-state index in [2.05, 4.69) is 9.38 Å². The van der Waals surface area contributed by atoms with Crippen molar-refractivity contribution in [3.8, 4) is 0 Å². The van der Waals surface area contributed by atoms with Crippen LogP contribution in [0.1, 0.15) is 5.69 Å². The van der Waals surface area contributed by atoms with Crippen LogP contribution < -0.4 is 5.73 Å². The molecule has 0 fully saturated rings. The molecule has 2 N–H and O–H groups in total. The van der Waals surface area contributed by atoms with E-state index in [1.165, 1.54) is 0 Å². The van der Waals surface area contributed by atoms with Gasteiger partial charge in [-0.15, -0.1) is 0 Å². The second-order valence-electron chi connectivity index (χ2n) is 3.76. The van der Waals surface area contributed by atoms with Gasteiger partial charge < -0.3 is 5.73 Å². The van der Waals surface area contributed by atoms with Gasteiger partial charge in [0.1, 0.15) is 5.65 Å². The van der Waals surface area contributed by atoms with Gasteiger partial charge in [0.05, 0.1) is 11.2 Å². The summed E-state index contributed by atoms with van der Waals surface area (Å²) in [4.78, 5) is 4.42. The Morgan fingerprint density at radius 3 is 2.93 bits per heavy atom. The molecule has 2 heterocycles. The SMILES string of the molecule is Cc1cn2c(ccc3cc(N)ccc32)n1. The van der Waals surface area contributed by atoms with Crippen molar-refractivity contribution in [3.63, 3.8) is 0 Å².